The van der Waals surface area contributed by atoms with Gasteiger partial charge in [-0.1, -0.05) is 12.1 Å². The Morgan fingerprint density at radius 3 is 2.74 bits per heavy atom. The van der Waals surface area contributed by atoms with Gasteiger partial charge >= 0.3 is 5.97 Å². The van der Waals surface area contributed by atoms with E-state index in [4.69, 9.17) is 4.74 Å². The van der Waals surface area contributed by atoms with E-state index in [9.17, 15) is 9.90 Å². The first-order valence-electron chi connectivity index (χ1n) is 6.54. The summed E-state index contributed by atoms with van der Waals surface area (Å²) < 4.78 is 6.66. The predicted octanol–water partition coefficient (Wildman–Crippen LogP) is 3.89. The lowest BCUT2D eigenvalue weighted by atomic mass is 9.86. The number of halogens is 1. The van der Waals surface area contributed by atoms with Gasteiger partial charge in [-0.05, 0) is 66.6 Å². The van der Waals surface area contributed by atoms with E-state index in [1.54, 1.807) is 13.8 Å². The summed E-state index contributed by atoms with van der Waals surface area (Å²) in [4.78, 5) is 11.2. The molecule has 0 amide bonds. The summed E-state index contributed by atoms with van der Waals surface area (Å²) in [5.41, 5.74) is 0.193. The molecule has 0 atom stereocenters. The number of ether oxygens (including phenoxy) is 1. The summed E-state index contributed by atoms with van der Waals surface area (Å²) in [6, 6.07) is 5.78. The van der Waals surface area contributed by atoms with Crippen LogP contribution in [0.1, 0.15) is 32.3 Å². The lowest BCUT2D eigenvalue weighted by Crippen LogP contribution is -2.26. The summed E-state index contributed by atoms with van der Waals surface area (Å²) >= 11 is 3.54. The molecule has 0 spiro atoms. The molecular weight excluding hydrogens is 308 g/mol. The fourth-order valence-corrected chi connectivity index (χ4v) is 2.37. The zero-order valence-corrected chi connectivity index (χ0v) is 12.9. The molecule has 1 fully saturated rings. The summed E-state index contributed by atoms with van der Waals surface area (Å²) in [5, 5.41) is 9.20. The van der Waals surface area contributed by atoms with Crippen LogP contribution in [0.3, 0.4) is 0 Å². The molecule has 3 nitrogen and oxygen atoms in total. The number of carbonyl (C=O) groups is 1. The molecule has 1 aromatic rings. The number of benzene rings is 1. The van der Waals surface area contributed by atoms with Gasteiger partial charge in [-0.2, -0.15) is 0 Å². The number of rotatable bonds is 6. The van der Waals surface area contributed by atoms with E-state index in [0.29, 0.717) is 12.3 Å². The van der Waals surface area contributed by atoms with E-state index < -0.39 is 11.4 Å². The first kappa shape index (κ1) is 14.4. The van der Waals surface area contributed by atoms with Crippen molar-refractivity contribution >= 4 is 21.9 Å². The van der Waals surface area contributed by atoms with Crippen LogP contribution in [0.25, 0.3) is 0 Å². The third-order valence-corrected chi connectivity index (χ3v) is 4.33. The molecule has 0 aliphatic heterocycles. The van der Waals surface area contributed by atoms with Crippen LogP contribution in [-0.4, -0.2) is 17.7 Å². The molecule has 0 bridgehead atoms. The second-order valence-electron chi connectivity index (χ2n) is 5.85. The van der Waals surface area contributed by atoms with Gasteiger partial charge in [0.1, 0.15) is 5.75 Å². The topological polar surface area (TPSA) is 46.5 Å². The molecule has 1 saturated carbocycles. The largest absolute Gasteiger partial charge is 0.492 e. The minimum absolute atomic E-state index is 0.476. The Bertz CT molecular complexity index is 478. The maximum Gasteiger partial charge on any atom is 0.309 e. The lowest BCUT2D eigenvalue weighted by Gasteiger charge is -2.20. The Hall–Kier alpha value is -1.03. The Kier molecular flexibility index (Phi) is 4.19. The zero-order chi connectivity index (χ0) is 14.0. The molecule has 0 radical (unpaired) electrons. The van der Waals surface area contributed by atoms with Crippen LogP contribution in [0.15, 0.2) is 22.7 Å². The van der Waals surface area contributed by atoms with Gasteiger partial charge < -0.3 is 9.84 Å². The standard InChI is InChI=1S/C15H19BrO3/c1-15(2,14(17)18)8-11-4-3-5-12(13(11)16)19-9-10-6-7-10/h3-5,10H,6-9H2,1-2H3,(H,17,18). The molecule has 0 aromatic heterocycles. The maximum absolute atomic E-state index is 11.2. The van der Waals surface area contributed by atoms with Gasteiger partial charge in [0.15, 0.2) is 0 Å². The van der Waals surface area contributed by atoms with Crippen LogP contribution in [0.2, 0.25) is 0 Å². The Balaban J connectivity index is 2.11. The number of carboxylic acid groups (broad SMARTS) is 1. The van der Waals surface area contributed by atoms with Crippen LogP contribution >= 0.6 is 15.9 Å². The number of carboxylic acids is 1. The fraction of sp³-hybridized carbons (Fsp3) is 0.533. The molecule has 0 unspecified atom stereocenters. The van der Waals surface area contributed by atoms with Crippen LogP contribution < -0.4 is 4.74 Å². The molecule has 1 aliphatic carbocycles. The van der Waals surface area contributed by atoms with E-state index in [1.165, 1.54) is 12.8 Å². The molecule has 1 aromatic carbocycles. The minimum Gasteiger partial charge on any atom is -0.492 e. The predicted molar refractivity (Wildman–Crippen MR) is 77.5 cm³/mol. The number of hydrogen-bond acceptors (Lipinski definition) is 2. The van der Waals surface area contributed by atoms with Gasteiger partial charge in [-0.15, -0.1) is 0 Å². The van der Waals surface area contributed by atoms with E-state index >= 15 is 0 Å². The number of aliphatic carboxylic acids is 1. The molecule has 0 heterocycles. The van der Waals surface area contributed by atoms with Crippen LogP contribution in [-0.2, 0) is 11.2 Å². The first-order chi connectivity index (χ1) is 8.90. The summed E-state index contributed by atoms with van der Waals surface area (Å²) in [7, 11) is 0. The summed E-state index contributed by atoms with van der Waals surface area (Å²) in [6.07, 6.45) is 2.98. The highest BCUT2D eigenvalue weighted by Gasteiger charge is 2.29. The van der Waals surface area contributed by atoms with Gasteiger partial charge in [0, 0.05) is 0 Å². The van der Waals surface area contributed by atoms with E-state index in [0.717, 1.165) is 22.4 Å². The molecule has 2 rings (SSSR count). The average molecular weight is 327 g/mol. The zero-order valence-electron chi connectivity index (χ0n) is 11.3. The average Bonchev–Trinajstić information content (AvgIpc) is 3.14. The molecule has 1 aliphatic rings. The number of hydrogen-bond donors (Lipinski definition) is 1. The van der Waals surface area contributed by atoms with Crippen molar-refractivity contribution in [3.8, 4) is 5.75 Å². The molecule has 1 N–H and O–H groups in total. The molecule has 104 valence electrons. The maximum atomic E-state index is 11.2. The van der Waals surface area contributed by atoms with Crippen molar-refractivity contribution in [3.63, 3.8) is 0 Å². The van der Waals surface area contributed by atoms with Crippen molar-refractivity contribution in [2.45, 2.75) is 33.1 Å². The Labute approximate surface area is 122 Å². The quantitative estimate of drug-likeness (QED) is 0.862. The van der Waals surface area contributed by atoms with Crippen LogP contribution in [0.4, 0.5) is 0 Å². The minimum atomic E-state index is -0.788. The van der Waals surface area contributed by atoms with Gasteiger partial charge in [0.25, 0.3) is 0 Å². The molecular formula is C15H19BrO3. The third-order valence-electron chi connectivity index (χ3n) is 3.43. The normalized spacial score (nSPS) is 15.3. The highest BCUT2D eigenvalue weighted by Crippen LogP contribution is 2.35. The van der Waals surface area contributed by atoms with E-state index in [2.05, 4.69) is 15.9 Å². The fourth-order valence-electron chi connectivity index (χ4n) is 1.85. The van der Waals surface area contributed by atoms with Crippen molar-refractivity contribution in [1.82, 2.24) is 0 Å². The van der Waals surface area contributed by atoms with Gasteiger partial charge in [-0.25, -0.2) is 0 Å². The van der Waals surface area contributed by atoms with Crippen LogP contribution in [0, 0.1) is 11.3 Å². The van der Waals surface area contributed by atoms with Gasteiger partial charge in [0.2, 0.25) is 0 Å². The van der Waals surface area contributed by atoms with Gasteiger partial charge in [-0.3, -0.25) is 4.79 Å². The van der Waals surface area contributed by atoms with Crippen molar-refractivity contribution in [2.24, 2.45) is 11.3 Å². The van der Waals surface area contributed by atoms with Crippen molar-refractivity contribution in [3.05, 3.63) is 28.2 Å². The van der Waals surface area contributed by atoms with Crippen LogP contribution in [0.5, 0.6) is 5.75 Å². The summed E-state index contributed by atoms with van der Waals surface area (Å²) in [5.74, 6) is 0.723. The highest BCUT2D eigenvalue weighted by molar-refractivity contribution is 9.10. The molecule has 0 saturated heterocycles. The Morgan fingerprint density at radius 2 is 2.16 bits per heavy atom. The second kappa shape index (κ2) is 5.53. The van der Waals surface area contributed by atoms with Gasteiger partial charge in [0.05, 0.1) is 16.5 Å². The first-order valence-corrected chi connectivity index (χ1v) is 7.33. The monoisotopic (exact) mass is 326 g/mol. The second-order valence-corrected chi connectivity index (χ2v) is 6.64. The lowest BCUT2D eigenvalue weighted by molar-refractivity contribution is -0.146. The van der Waals surface area contributed by atoms with Crippen molar-refractivity contribution < 1.29 is 14.6 Å². The molecule has 19 heavy (non-hydrogen) atoms. The highest BCUT2D eigenvalue weighted by atomic mass is 79.9. The summed E-state index contributed by atoms with van der Waals surface area (Å²) in [6.45, 7) is 4.23. The Morgan fingerprint density at radius 1 is 1.47 bits per heavy atom. The SMILES string of the molecule is CC(C)(Cc1cccc(OCC2CC2)c1Br)C(=O)O. The van der Waals surface area contributed by atoms with Crippen molar-refractivity contribution in [2.75, 3.05) is 6.61 Å². The van der Waals surface area contributed by atoms with E-state index in [1.807, 2.05) is 18.2 Å². The smallest absolute Gasteiger partial charge is 0.309 e. The molecule has 4 heteroatoms. The van der Waals surface area contributed by atoms with E-state index in [-0.39, 0.29) is 0 Å². The third kappa shape index (κ3) is 3.72. The van der Waals surface area contributed by atoms with Crippen molar-refractivity contribution in [1.29, 1.82) is 0 Å².